The van der Waals surface area contributed by atoms with Crippen molar-refractivity contribution in [3.63, 3.8) is 0 Å². The fraction of sp³-hybridized carbons (Fsp3) is 0.250. The molecule has 2 aromatic carbocycles. The number of amides is 2. The predicted molar refractivity (Wildman–Crippen MR) is 125 cm³/mol. The molecule has 1 heterocycles. The molecule has 0 aliphatic carbocycles. The number of benzene rings is 2. The molecule has 1 saturated heterocycles. The molecule has 0 aromatic heterocycles. The highest BCUT2D eigenvalue weighted by atomic mass is 32.2. The molecule has 0 bridgehead atoms. The summed E-state index contributed by atoms with van der Waals surface area (Å²) in [4.78, 5) is 49.2. The average molecular weight is 486 g/mol. The molecule has 1 aliphatic rings. The zero-order valence-electron chi connectivity index (χ0n) is 18.8. The maximum absolute atomic E-state index is 12.7. The Kier molecular flexibility index (Phi) is 7.95. The van der Waals surface area contributed by atoms with Gasteiger partial charge in [0.05, 0.1) is 24.2 Å². The highest BCUT2D eigenvalue weighted by molar-refractivity contribution is 8.18. The Labute approximate surface area is 200 Å². The number of nitrogens with zero attached hydrogens (tertiary/aromatic N) is 1. The van der Waals surface area contributed by atoms with Gasteiger partial charge in [-0.2, -0.15) is 0 Å². The van der Waals surface area contributed by atoms with E-state index in [1.165, 1.54) is 32.2 Å². The lowest BCUT2D eigenvalue weighted by molar-refractivity contribution is -0.150. The van der Waals surface area contributed by atoms with Gasteiger partial charge in [0, 0.05) is 0 Å². The van der Waals surface area contributed by atoms with Crippen LogP contribution in [0.3, 0.4) is 0 Å². The lowest BCUT2D eigenvalue weighted by Crippen LogP contribution is -2.42. The number of rotatable bonds is 9. The normalized spacial score (nSPS) is 15.4. The van der Waals surface area contributed by atoms with Gasteiger partial charge in [-0.1, -0.05) is 18.2 Å². The number of methoxy groups -OCH3 is 1. The van der Waals surface area contributed by atoms with Gasteiger partial charge >= 0.3 is 11.9 Å². The fourth-order valence-corrected chi connectivity index (χ4v) is 4.09. The third-order valence-corrected chi connectivity index (χ3v) is 5.78. The number of aromatic carboxylic acids is 1. The number of carboxylic acid groups (broad SMARTS) is 1. The molecule has 1 fully saturated rings. The monoisotopic (exact) mass is 485 g/mol. The minimum Gasteiger partial charge on any atom is -0.493 e. The van der Waals surface area contributed by atoms with E-state index >= 15 is 0 Å². The molecular weight excluding hydrogens is 462 g/mol. The molecule has 1 aliphatic heterocycles. The van der Waals surface area contributed by atoms with Crippen LogP contribution in [0, 0.1) is 0 Å². The zero-order valence-corrected chi connectivity index (χ0v) is 19.6. The number of hydrogen-bond donors (Lipinski definition) is 1. The van der Waals surface area contributed by atoms with Crippen molar-refractivity contribution in [2.75, 3.05) is 13.7 Å². The maximum atomic E-state index is 12.7. The highest BCUT2D eigenvalue weighted by Crippen LogP contribution is 2.36. The lowest BCUT2D eigenvalue weighted by Gasteiger charge is -2.19. The quantitative estimate of drug-likeness (QED) is 0.416. The van der Waals surface area contributed by atoms with E-state index in [0.29, 0.717) is 22.6 Å². The van der Waals surface area contributed by atoms with Gasteiger partial charge in [0.2, 0.25) is 0 Å². The van der Waals surface area contributed by atoms with Crippen LogP contribution in [0.4, 0.5) is 4.79 Å². The van der Waals surface area contributed by atoms with E-state index in [2.05, 4.69) is 0 Å². The van der Waals surface area contributed by atoms with Crippen molar-refractivity contribution in [1.29, 1.82) is 0 Å². The van der Waals surface area contributed by atoms with Gasteiger partial charge in [-0.05, 0) is 67.1 Å². The van der Waals surface area contributed by atoms with E-state index in [0.717, 1.165) is 16.7 Å². The predicted octanol–water partition coefficient (Wildman–Crippen LogP) is 3.96. The van der Waals surface area contributed by atoms with Crippen LogP contribution >= 0.6 is 11.8 Å². The number of thioether (sulfide) groups is 1. The molecule has 0 saturated carbocycles. The van der Waals surface area contributed by atoms with Gasteiger partial charge in [-0.3, -0.25) is 14.5 Å². The summed E-state index contributed by atoms with van der Waals surface area (Å²) in [7, 11) is 1.46. The number of esters is 1. The van der Waals surface area contributed by atoms with Gasteiger partial charge in [0.15, 0.2) is 11.5 Å². The Morgan fingerprint density at radius 3 is 2.59 bits per heavy atom. The van der Waals surface area contributed by atoms with Crippen molar-refractivity contribution < 1.29 is 38.5 Å². The molecule has 178 valence electrons. The molecule has 1 N–H and O–H groups in total. The summed E-state index contributed by atoms with van der Waals surface area (Å²) in [5.41, 5.74) is 1.43. The lowest BCUT2D eigenvalue weighted by atomic mass is 10.1. The van der Waals surface area contributed by atoms with Crippen LogP contribution in [0.25, 0.3) is 6.08 Å². The second-order valence-corrected chi connectivity index (χ2v) is 8.18. The molecule has 34 heavy (non-hydrogen) atoms. The Morgan fingerprint density at radius 1 is 1.15 bits per heavy atom. The molecule has 0 unspecified atom stereocenters. The van der Waals surface area contributed by atoms with Crippen molar-refractivity contribution in [3.05, 3.63) is 64.1 Å². The Hall–Kier alpha value is -3.79. The SMILES string of the molecule is CCOC(=O)[C@H](C)N1C(=O)S/C(=C/c2ccc(OCc3cccc(C(=O)O)c3)c(OC)c2)C1=O. The summed E-state index contributed by atoms with van der Waals surface area (Å²) >= 11 is 0.740. The topological polar surface area (TPSA) is 119 Å². The van der Waals surface area contributed by atoms with Crippen molar-refractivity contribution in [3.8, 4) is 11.5 Å². The maximum Gasteiger partial charge on any atom is 0.335 e. The molecule has 1 atom stereocenters. The summed E-state index contributed by atoms with van der Waals surface area (Å²) in [6.45, 7) is 3.36. The first-order chi connectivity index (χ1) is 16.2. The summed E-state index contributed by atoms with van der Waals surface area (Å²) in [6, 6.07) is 10.4. The Balaban J connectivity index is 1.76. The van der Waals surface area contributed by atoms with Gasteiger partial charge < -0.3 is 19.3 Å². The highest BCUT2D eigenvalue weighted by Gasteiger charge is 2.41. The number of carboxylic acids is 1. The van der Waals surface area contributed by atoms with Crippen molar-refractivity contribution in [2.24, 2.45) is 0 Å². The van der Waals surface area contributed by atoms with Crippen molar-refractivity contribution in [1.82, 2.24) is 4.90 Å². The molecule has 2 aromatic rings. The number of carbonyl (C=O) groups excluding carboxylic acids is 3. The summed E-state index contributed by atoms with van der Waals surface area (Å²) in [6.07, 6.45) is 1.53. The van der Waals surface area contributed by atoms with E-state index in [1.807, 2.05) is 0 Å². The fourth-order valence-electron chi connectivity index (χ4n) is 3.18. The largest absolute Gasteiger partial charge is 0.493 e. The summed E-state index contributed by atoms with van der Waals surface area (Å²) in [5.74, 6) is -1.44. The van der Waals surface area contributed by atoms with E-state index < -0.39 is 29.1 Å². The molecule has 9 nitrogen and oxygen atoms in total. The third kappa shape index (κ3) is 5.57. The van der Waals surface area contributed by atoms with Gasteiger partial charge in [0.1, 0.15) is 12.6 Å². The smallest absolute Gasteiger partial charge is 0.335 e. The Morgan fingerprint density at radius 2 is 1.91 bits per heavy atom. The third-order valence-electron chi connectivity index (χ3n) is 4.89. The summed E-state index contributed by atoms with van der Waals surface area (Å²) < 4.78 is 16.1. The van der Waals surface area contributed by atoms with Gasteiger partial charge in [-0.15, -0.1) is 0 Å². The Bertz CT molecular complexity index is 1160. The second-order valence-electron chi connectivity index (χ2n) is 7.18. The molecule has 3 rings (SSSR count). The minimum absolute atomic E-state index is 0.126. The number of imide groups is 1. The number of hydrogen-bond acceptors (Lipinski definition) is 8. The zero-order chi connectivity index (χ0) is 24.8. The van der Waals surface area contributed by atoms with Gasteiger partial charge in [-0.25, -0.2) is 9.59 Å². The summed E-state index contributed by atoms with van der Waals surface area (Å²) in [5, 5.41) is 8.57. The number of carbonyl (C=O) groups is 4. The van der Waals surface area contributed by atoms with Crippen LogP contribution in [0.2, 0.25) is 0 Å². The standard InChI is InChI=1S/C24H23NO8S/c1-4-32-23(29)14(2)25-21(26)20(34-24(25)30)12-15-8-9-18(19(11-15)31-3)33-13-16-6-5-7-17(10-16)22(27)28/h5-12,14H,4,13H2,1-3H3,(H,27,28)/b20-12+/t14-/m0/s1. The first-order valence-corrected chi connectivity index (χ1v) is 11.1. The molecular formula is C24H23NO8S. The van der Waals surface area contributed by atoms with Crippen LogP contribution in [-0.2, 0) is 20.9 Å². The van der Waals surface area contributed by atoms with Crippen LogP contribution in [-0.4, -0.2) is 52.8 Å². The first kappa shape index (κ1) is 24.8. The van der Waals surface area contributed by atoms with E-state index in [4.69, 9.17) is 19.3 Å². The van der Waals surface area contributed by atoms with E-state index in [1.54, 1.807) is 37.3 Å². The van der Waals surface area contributed by atoms with Crippen LogP contribution < -0.4 is 9.47 Å². The van der Waals surface area contributed by atoms with Gasteiger partial charge in [0.25, 0.3) is 11.1 Å². The molecule has 10 heteroatoms. The van der Waals surface area contributed by atoms with Crippen LogP contribution in [0.5, 0.6) is 11.5 Å². The molecule has 2 amide bonds. The van der Waals surface area contributed by atoms with Crippen LogP contribution in [0.15, 0.2) is 47.4 Å². The molecule has 0 spiro atoms. The average Bonchev–Trinajstić information content (AvgIpc) is 3.10. The molecule has 0 radical (unpaired) electrons. The van der Waals surface area contributed by atoms with Crippen molar-refractivity contribution >= 4 is 40.9 Å². The van der Waals surface area contributed by atoms with Crippen molar-refractivity contribution in [2.45, 2.75) is 26.5 Å². The van der Waals surface area contributed by atoms with Crippen LogP contribution in [0.1, 0.15) is 35.3 Å². The number of ether oxygens (including phenoxy) is 3. The minimum atomic E-state index is -1.02. The second kappa shape index (κ2) is 10.9. The van der Waals surface area contributed by atoms with E-state index in [-0.39, 0.29) is 23.7 Å². The first-order valence-electron chi connectivity index (χ1n) is 10.3. The van der Waals surface area contributed by atoms with E-state index in [9.17, 15) is 19.2 Å².